The number of hydrogen-bond acceptors (Lipinski definition) is 3. The van der Waals surface area contributed by atoms with Crippen LogP contribution < -0.4 is 0 Å². The molecule has 2 heterocycles. The average Bonchev–Trinajstić information content (AvgIpc) is 3.06. The van der Waals surface area contributed by atoms with Gasteiger partial charge >= 0.3 is 0 Å². The molecule has 0 radical (unpaired) electrons. The number of carbonyl (C=O) groups excluding carboxylic acids is 1. The summed E-state index contributed by atoms with van der Waals surface area (Å²) in [4.78, 5) is 19.1. The zero-order valence-electron chi connectivity index (χ0n) is 16.1. The van der Waals surface area contributed by atoms with Crippen LogP contribution in [0.2, 0.25) is 10.0 Å². The Hall–Kier alpha value is -1.33. The Morgan fingerprint density at radius 3 is 2.38 bits per heavy atom. The van der Waals surface area contributed by atoms with Gasteiger partial charge in [0.25, 0.3) is 0 Å². The van der Waals surface area contributed by atoms with Crippen LogP contribution >= 0.6 is 35.6 Å². The van der Waals surface area contributed by atoms with Gasteiger partial charge in [0, 0.05) is 46.5 Å². The molecule has 1 amide bonds. The topological polar surface area (TPSA) is 53.4 Å². The maximum Gasteiger partial charge on any atom is 0.226 e. The van der Waals surface area contributed by atoms with Crippen molar-refractivity contribution in [3.63, 3.8) is 0 Å². The summed E-state index contributed by atoms with van der Waals surface area (Å²) in [5, 5.41) is 10.9. The van der Waals surface area contributed by atoms with Crippen LogP contribution in [0.5, 0.6) is 0 Å². The van der Waals surface area contributed by atoms with Gasteiger partial charge in [-0.3, -0.25) is 9.78 Å². The summed E-state index contributed by atoms with van der Waals surface area (Å²) in [6.07, 6.45) is 8.04. The van der Waals surface area contributed by atoms with Crippen LogP contribution in [-0.2, 0) is 11.2 Å². The van der Waals surface area contributed by atoms with Crippen molar-refractivity contribution in [2.75, 3.05) is 6.54 Å². The Morgan fingerprint density at radius 2 is 1.76 bits per heavy atom. The van der Waals surface area contributed by atoms with Crippen molar-refractivity contribution >= 4 is 41.5 Å². The maximum atomic E-state index is 13.0. The van der Waals surface area contributed by atoms with Gasteiger partial charge in [0.2, 0.25) is 5.91 Å². The van der Waals surface area contributed by atoms with Crippen molar-refractivity contribution in [3.8, 4) is 11.1 Å². The van der Waals surface area contributed by atoms with Crippen LogP contribution in [0, 0.1) is 5.92 Å². The van der Waals surface area contributed by atoms with E-state index in [1.165, 1.54) is 0 Å². The SMILES string of the molecule is Cl.O=C1C(Cc2c(Cl)cc(-c3cccnc3)cc2Cl)CCN1C1CCC(O)CC1. The number of aliphatic hydroxyl groups excluding tert-OH is 1. The summed E-state index contributed by atoms with van der Waals surface area (Å²) in [5.74, 6) is 0.121. The van der Waals surface area contributed by atoms with Crippen molar-refractivity contribution in [3.05, 3.63) is 52.3 Å². The van der Waals surface area contributed by atoms with E-state index >= 15 is 0 Å². The molecule has 1 aromatic carbocycles. The van der Waals surface area contributed by atoms with Gasteiger partial charge in [0.05, 0.1) is 6.10 Å². The smallest absolute Gasteiger partial charge is 0.226 e. The number of rotatable bonds is 4. The first kappa shape index (κ1) is 22.4. The summed E-state index contributed by atoms with van der Waals surface area (Å²) in [7, 11) is 0. The van der Waals surface area contributed by atoms with Crippen LogP contribution in [-0.4, -0.2) is 39.6 Å². The molecule has 1 saturated carbocycles. The Kier molecular flexibility index (Phi) is 7.44. The highest BCUT2D eigenvalue weighted by atomic mass is 35.5. The second kappa shape index (κ2) is 9.65. The number of aromatic nitrogens is 1. The molecule has 1 aliphatic carbocycles. The molecule has 2 aliphatic rings. The highest BCUT2D eigenvalue weighted by Gasteiger charge is 2.37. The lowest BCUT2D eigenvalue weighted by molar-refractivity contribution is -0.133. The van der Waals surface area contributed by atoms with E-state index in [-0.39, 0.29) is 36.4 Å². The van der Waals surface area contributed by atoms with E-state index in [9.17, 15) is 9.90 Å². The quantitative estimate of drug-likeness (QED) is 0.692. The first-order valence-corrected chi connectivity index (χ1v) is 10.7. The van der Waals surface area contributed by atoms with E-state index in [0.717, 1.165) is 55.3 Å². The molecule has 0 spiro atoms. The summed E-state index contributed by atoms with van der Waals surface area (Å²) < 4.78 is 0. The van der Waals surface area contributed by atoms with Crippen LogP contribution in [0.1, 0.15) is 37.7 Å². The summed E-state index contributed by atoms with van der Waals surface area (Å²) in [6.45, 7) is 0.785. The van der Waals surface area contributed by atoms with Gasteiger partial charge in [0.1, 0.15) is 0 Å². The van der Waals surface area contributed by atoms with Gasteiger partial charge in [-0.25, -0.2) is 0 Å². The molecule has 1 aliphatic heterocycles. The van der Waals surface area contributed by atoms with E-state index in [4.69, 9.17) is 23.2 Å². The van der Waals surface area contributed by atoms with Gasteiger partial charge in [-0.1, -0.05) is 29.3 Å². The third-order valence-electron chi connectivity index (χ3n) is 6.04. The van der Waals surface area contributed by atoms with Gasteiger partial charge in [-0.05, 0) is 67.9 Å². The largest absolute Gasteiger partial charge is 0.393 e. The second-order valence-corrected chi connectivity index (χ2v) is 8.66. The average molecular weight is 456 g/mol. The first-order chi connectivity index (χ1) is 13.5. The molecule has 0 bridgehead atoms. The standard InChI is InChI=1S/C22H24Cl2N2O2.ClH/c23-20-11-16(15-2-1-8-25-13-15)12-21(24)19(20)10-14-7-9-26(22(14)28)17-3-5-18(27)6-4-17;/h1-2,8,11-14,17-18,27H,3-7,9-10H2;1H. The molecule has 156 valence electrons. The first-order valence-electron chi connectivity index (χ1n) is 9.90. The summed E-state index contributed by atoms with van der Waals surface area (Å²) >= 11 is 13.1. The lowest BCUT2D eigenvalue weighted by Gasteiger charge is -2.33. The van der Waals surface area contributed by atoms with Crippen LogP contribution in [0.4, 0.5) is 0 Å². The summed E-state index contributed by atoms with van der Waals surface area (Å²) in [6, 6.07) is 7.91. The molecular formula is C22H25Cl3N2O2. The van der Waals surface area contributed by atoms with E-state index in [0.29, 0.717) is 16.5 Å². The van der Waals surface area contributed by atoms with Crippen molar-refractivity contribution < 1.29 is 9.90 Å². The zero-order chi connectivity index (χ0) is 19.7. The van der Waals surface area contributed by atoms with E-state index in [1.54, 1.807) is 12.4 Å². The maximum absolute atomic E-state index is 13.0. The molecule has 1 N–H and O–H groups in total. The monoisotopic (exact) mass is 454 g/mol. The Morgan fingerprint density at radius 1 is 1.07 bits per heavy atom. The van der Waals surface area contributed by atoms with Crippen molar-refractivity contribution in [2.45, 2.75) is 50.7 Å². The van der Waals surface area contributed by atoms with E-state index < -0.39 is 0 Å². The molecule has 1 atom stereocenters. The number of nitrogens with zero attached hydrogens (tertiary/aromatic N) is 2. The van der Waals surface area contributed by atoms with Crippen molar-refractivity contribution in [1.82, 2.24) is 9.88 Å². The van der Waals surface area contributed by atoms with Gasteiger partial charge in [-0.2, -0.15) is 0 Å². The van der Waals surface area contributed by atoms with Crippen LogP contribution in [0.15, 0.2) is 36.7 Å². The number of benzene rings is 1. The number of amides is 1. The molecule has 2 fully saturated rings. The highest BCUT2D eigenvalue weighted by molar-refractivity contribution is 6.36. The minimum atomic E-state index is -0.208. The molecular weight excluding hydrogens is 431 g/mol. The third-order valence-corrected chi connectivity index (χ3v) is 6.72. The number of hydrogen-bond donors (Lipinski definition) is 1. The van der Waals surface area contributed by atoms with E-state index in [1.807, 2.05) is 29.2 Å². The predicted octanol–water partition coefficient (Wildman–Crippen LogP) is 5.17. The van der Waals surface area contributed by atoms with Gasteiger partial charge in [-0.15, -0.1) is 12.4 Å². The third kappa shape index (κ3) is 4.88. The van der Waals surface area contributed by atoms with Gasteiger partial charge in [0.15, 0.2) is 0 Å². The second-order valence-electron chi connectivity index (χ2n) is 7.84. The predicted molar refractivity (Wildman–Crippen MR) is 119 cm³/mol. The fourth-order valence-electron chi connectivity index (χ4n) is 4.43. The fraction of sp³-hybridized carbons (Fsp3) is 0.455. The van der Waals surface area contributed by atoms with Gasteiger partial charge < -0.3 is 10.0 Å². The number of likely N-dealkylation sites (tertiary alicyclic amines) is 1. The molecule has 4 rings (SSSR count). The highest BCUT2D eigenvalue weighted by Crippen LogP contribution is 2.36. The Bertz CT molecular complexity index is 831. The van der Waals surface area contributed by atoms with Crippen molar-refractivity contribution in [2.24, 2.45) is 5.92 Å². The number of aliphatic hydroxyl groups is 1. The van der Waals surface area contributed by atoms with Crippen LogP contribution in [0.3, 0.4) is 0 Å². The molecule has 1 unspecified atom stereocenters. The minimum Gasteiger partial charge on any atom is -0.393 e. The lowest BCUT2D eigenvalue weighted by Crippen LogP contribution is -2.41. The Labute approximate surface area is 187 Å². The molecule has 2 aromatic rings. The molecule has 7 heteroatoms. The van der Waals surface area contributed by atoms with Crippen molar-refractivity contribution in [1.29, 1.82) is 0 Å². The zero-order valence-corrected chi connectivity index (χ0v) is 18.4. The van der Waals surface area contributed by atoms with E-state index in [2.05, 4.69) is 4.98 Å². The lowest BCUT2D eigenvalue weighted by atomic mass is 9.92. The minimum absolute atomic E-state index is 0. The molecule has 1 saturated heterocycles. The Balaban J connectivity index is 0.00000240. The number of pyridine rings is 1. The molecule has 4 nitrogen and oxygen atoms in total. The van der Waals surface area contributed by atoms with Crippen LogP contribution in [0.25, 0.3) is 11.1 Å². The number of halogens is 3. The normalized spacial score (nSPS) is 24.4. The summed E-state index contributed by atoms with van der Waals surface area (Å²) in [5.41, 5.74) is 2.72. The number of carbonyl (C=O) groups is 1. The molecule has 1 aromatic heterocycles. The molecule has 29 heavy (non-hydrogen) atoms. The fourth-order valence-corrected chi connectivity index (χ4v) is 5.07.